The van der Waals surface area contributed by atoms with Crippen molar-refractivity contribution in [1.29, 1.82) is 0 Å². The summed E-state index contributed by atoms with van der Waals surface area (Å²) in [6.45, 7) is 1.56. The highest BCUT2D eigenvalue weighted by molar-refractivity contribution is 6.32. The Kier molecular flexibility index (Phi) is 5.23. The van der Waals surface area contributed by atoms with Crippen LogP contribution in [0.25, 0.3) is 0 Å². The number of aromatic nitrogens is 2. The second-order valence-electron chi connectivity index (χ2n) is 5.62. The molecule has 0 saturated carbocycles. The summed E-state index contributed by atoms with van der Waals surface area (Å²) in [7, 11) is 3.09. The molecule has 1 aromatic carbocycles. The Bertz CT molecular complexity index is 761. The summed E-state index contributed by atoms with van der Waals surface area (Å²) in [6.07, 6.45) is 2.08. The Balaban J connectivity index is 1.78. The van der Waals surface area contributed by atoms with Crippen LogP contribution < -0.4 is 14.8 Å². The Morgan fingerprint density at radius 2 is 1.84 bits per heavy atom. The molecule has 0 radical (unpaired) electrons. The molecule has 1 N–H and O–H groups in total. The van der Waals surface area contributed by atoms with Crippen molar-refractivity contribution in [3.8, 4) is 11.5 Å². The lowest BCUT2D eigenvalue weighted by molar-refractivity contribution is 0.0786. The summed E-state index contributed by atoms with van der Waals surface area (Å²) >= 11 is 6.10. The largest absolute Gasteiger partial charge is 0.495 e. The van der Waals surface area contributed by atoms with Crippen LogP contribution in [0, 0.1) is 0 Å². The second-order valence-corrected chi connectivity index (χ2v) is 6.02. The first-order valence-corrected chi connectivity index (χ1v) is 8.31. The molecule has 25 heavy (non-hydrogen) atoms. The monoisotopic (exact) mass is 362 g/mol. The van der Waals surface area contributed by atoms with Crippen molar-refractivity contribution in [3.05, 3.63) is 35.0 Å². The second kappa shape index (κ2) is 7.57. The van der Waals surface area contributed by atoms with Crippen molar-refractivity contribution in [2.24, 2.45) is 0 Å². The summed E-state index contributed by atoms with van der Waals surface area (Å²) in [5.74, 6) is 1.46. The maximum atomic E-state index is 12.3. The normalized spacial score (nSPS) is 13.6. The lowest BCUT2D eigenvalue weighted by Crippen LogP contribution is -2.28. The van der Waals surface area contributed by atoms with Crippen molar-refractivity contribution in [3.63, 3.8) is 0 Å². The van der Waals surface area contributed by atoms with Gasteiger partial charge in [-0.25, -0.2) is 0 Å². The minimum atomic E-state index is -0.0812. The van der Waals surface area contributed by atoms with Gasteiger partial charge in [-0.3, -0.25) is 4.79 Å². The molecule has 0 unspecified atom stereocenters. The highest BCUT2D eigenvalue weighted by Crippen LogP contribution is 2.36. The van der Waals surface area contributed by atoms with Crippen LogP contribution in [0.5, 0.6) is 11.5 Å². The lowest BCUT2D eigenvalue weighted by atomic mass is 10.2. The number of halogens is 1. The molecule has 1 aliphatic heterocycles. The molecule has 8 heteroatoms. The van der Waals surface area contributed by atoms with E-state index in [0.717, 1.165) is 25.9 Å². The van der Waals surface area contributed by atoms with Crippen LogP contribution in [-0.2, 0) is 0 Å². The van der Waals surface area contributed by atoms with E-state index in [2.05, 4.69) is 15.5 Å². The number of nitrogens with zero attached hydrogens (tertiary/aromatic N) is 3. The number of anilines is 2. The molecule has 1 aliphatic rings. The van der Waals surface area contributed by atoms with Crippen LogP contribution in [-0.4, -0.2) is 48.3 Å². The molecule has 1 fully saturated rings. The van der Waals surface area contributed by atoms with Gasteiger partial charge < -0.3 is 19.7 Å². The Hall–Kier alpha value is -2.54. The number of carbonyl (C=O) groups excluding carboxylic acids is 1. The zero-order valence-corrected chi connectivity index (χ0v) is 14.8. The van der Waals surface area contributed by atoms with Gasteiger partial charge in [0.2, 0.25) is 0 Å². The van der Waals surface area contributed by atoms with Gasteiger partial charge in [0.25, 0.3) is 5.91 Å². The quantitative estimate of drug-likeness (QED) is 0.880. The minimum absolute atomic E-state index is 0.0812. The lowest BCUT2D eigenvalue weighted by Gasteiger charge is -2.15. The first kappa shape index (κ1) is 17.3. The number of carbonyl (C=O) groups is 1. The zero-order chi connectivity index (χ0) is 17.8. The molecule has 2 aromatic rings. The van der Waals surface area contributed by atoms with E-state index < -0.39 is 0 Å². The number of hydrogen-bond donors (Lipinski definition) is 1. The molecule has 0 aliphatic carbocycles. The fraction of sp³-hybridized carbons (Fsp3) is 0.353. The number of likely N-dealkylation sites (tertiary alicyclic amines) is 1. The molecule has 1 aromatic heterocycles. The fourth-order valence-electron chi connectivity index (χ4n) is 2.69. The Labute approximate surface area is 150 Å². The highest BCUT2D eigenvalue weighted by atomic mass is 35.5. The number of nitrogens with one attached hydrogen (secondary N) is 1. The number of amides is 1. The average Bonchev–Trinajstić information content (AvgIpc) is 3.17. The van der Waals surface area contributed by atoms with Crippen LogP contribution >= 0.6 is 11.6 Å². The van der Waals surface area contributed by atoms with E-state index in [9.17, 15) is 4.79 Å². The molecule has 1 saturated heterocycles. The Morgan fingerprint density at radius 3 is 2.44 bits per heavy atom. The van der Waals surface area contributed by atoms with E-state index >= 15 is 0 Å². The molecule has 0 bridgehead atoms. The molecular formula is C17H19ClN4O3. The zero-order valence-electron chi connectivity index (χ0n) is 14.1. The van der Waals surface area contributed by atoms with Crippen molar-refractivity contribution < 1.29 is 14.3 Å². The fourth-order valence-corrected chi connectivity index (χ4v) is 2.92. The first-order valence-electron chi connectivity index (χ1n) is 7.94. The molecule has 2 heterocycles. The van der Waals surface area contributed by atoms with Gasteiger partial charge in [-0.1, -0.05) is 11.6 Å². The van der Waals surface area contributed by atoms with E-state index in [-0.39, 0.29) is 5.91 Å². The molecule has 0 spiro atoms. The van der Waals surface area contributed by atoms with Crippen molar-refractivity contribution in [1.82, 2.24) is 15.1 Å². The van der Waals surface area contributed by atoms with Gasteiger partial charge in [-0.05, 0) is 25.0 Å². The third-order valence-corrected chi connectivity index (χ3v) is 4.31. The van der Waals surface area contributed by atoms with E-state index in [4.69, 9.17) is 21.1 Å². The van der Waals surface area contributed by atoms with Gasteiger partial charge in [0, 0.05) is 25.2 Å². The number of methoxy groups -OCH3 is 2. The van der Waals surface area contributed by atoms with Gasteiger partial charge in [0.05, 0.1) is 24.9 Å². The maximum absolute atomic E-state index is 12.3. The van der Waals surface area contributed by atoms with Crippen LogP contribution in [0.2, 0.25) is 5.02 Å². The molecule has 132 valence electrons. The summed E-state index contributed by atoms with van der Waals surface area (Å²) in [5.41, 5.74) is 0.977. The summed E-state index contributed by atoms with van der Waals surface area (Å²) < 4.78 is 10.5. The summed E-state index contributed by atoms with van der Waals surface area (Å²) in [5, 5.41) is 11.7. The maximum Gasteiger partial charge on any atom is 0.274 e. The third-order valence-electron chi connectivity index (χ3n) is 4.01. The van der Waals surface area contributed by atoms with Gasteiger partial charge in [0.15, 0.2) is 11.5 Å². The molecular weight excluding hydrogens is 344 g/mol. The number of ether oxygens (including phenoxy) is 2. The van der Waals surface area contributed by atoms with E-state index in [1.54, 1.807) is 36.3 Å². The third kappa shape index (κ3) is 3.76. The highest BCUT2D eigenvalue weighted by Gasteiger charge is 2.21. The average molecular weight is 363 g/mol. The molecule has 3 rings (SSSR count). The van der Waals surface area contributed by atoms with Crippen molar-refractivity contribution in [2.75, 3.05) is 32.6 Å². The first-order chi connectivity index (χ1) is 12.1. The number of rotatable bonds is 5. The van der Waals surface area contributed by atoms with Gasteiger partial charge >= 0.3 is 0 Å². The predicted molar refractivity (Wildman–Crippen MR) is 95.0 cm³/mol. The molecule has 1 amide bonds. The van der Waals surface area contributed by atoms with E-state index in [1.807, 2.05) is 0 Å². The standard InChI is InChI=1S/C17H19ClN4O3/c1-24-14-10-13(15(25-2)9-11(14)18)19-16-6-5-12(20-21-16)17(23)22-7-3-4-8-22/h5-6,9-10H,3-4,7-8H2,1-2H3,(H,19,21). The molecule has 7 nitrogen and oxygen atoms in total. The van der Waals surface area contributed by atoms with Gasteiger partial charge in [0.1, 0.15) is 11.5 Å². The van der Waals surface area contributed by atoms with Crippen LogP contribution in [0.3, 0.4) is 0 Å². The number of benzene rings is 1. The SMILES string of the molecule is COc1cc(Nc2ccc(C(=O)N3CCCC3)nn2)c(OC)cc1Cl. The van der Waals surface area contributed by atoms with Gasteiger partial charge in [-0.15, -0.1) is 10.2 Å². The Morgan fingerprint density at radius 1 is 1.12 bits per heavy atom. The minimum Gasteiger partial charge on any atom is -0.495 e. The van der Waals surface area contributed by atoms with Crippen LogP contribution in [0.1, 0.15) is 23.3 Å². The summed E-state index contributed by atoms with van der Waals surface area (Å²) in [4.78, 5) is 14.1. The topological polar surface area (TPSA) is 76.6 Å². The van der Waals surface area contributed by atoms with E-state index in [0.29, 0.717) is 33.7 Å². The molecule has 0 atom stereocenters. The smallest absolute Gasteiger partial charge is 0.274 e. The predicted octanol–water partition coefficient (Wildman–Crippen LogP) is 3.13. The van der Waals surface area contributed by atoms with E-state index in [1.165, 1.54) is 7.11 Å². The number of hydrogen-bond acceptors (Lipinski definition) is 6. The van der Waals surface area contributed by atoms with Crippen molar-refractivity contribution >= 4 is 29.0 Å². The van der Waals surface area contributed by atoms with Crippen molar-refractivity contribution in [2.45, 2.75) is 12.8 Å². The van der Waals surface area contributed by atoms with Gasteiger partial charge in [-0.2, -0.15) is 0 Å². The van der Waals surface area contributed by atoms with Crippen LogP contribution in [0.4, 0.5) is 11.5 Å². The summed E-state index contributed by atoms with van der Waals surface area (Å²) in [6, 6.07) is 6.74. The van der Waals surface area contributed by atoms with Crippen LogP contribution in [0.15, 0.2) is 24.3 Å².